The SMILES string of the molecule is Oc1c(C=NC(c2ccccc2)c2ccccc2)cccc1-c1nc2ccccc2s1. The fourth-order valence-corrected chi connectivity index (χ4v) is 4.61. The molecule has 0 saturated carbocycles. The Labute approximate surface area is 185 Å². The summed E-state index contributed by atoms with van der Waals surface area (Å²) in [5, 5.41) is 11.8. The Morgan fingerprint density at radius 1 is 0.742 bits per heavy atom. The normalized spacial score (nSPS) is 11.5. The van der Waals surface area contributed by atoms with Crippen molar-refractivity contribution in [3.05, 3.63) is 120 Å². The molecule has 1 heterocycles. The molecule has 0 aliphatic carbocycles. The van der Waals surface area contributed by atoms with E-state index in [-0.39, 0.29) is 11.8 Å². The van der Waals surface area contributed by atoms with Crippen LogP contribution in [0.3, 0.4) is 0 Å². The molecule has 0 fully saturated rings. The summed E-state index contributed by atoms with van der Waals surface area (Å²) in [6.45, 7) is 0. The van der Waals surface area contributed by atoms with Gasteiger partial charge >= 0.3 is 0 Å². The molecule has 5 aromatic rings. The second-order valence-electron chi connectivity index (χ2n) is 7.23. The first-order chi connectivity index (χ1) is 15.3. The van der Waals surface area contributed by atoms with Gasteiger partial charge in [-0.2, -0.15) is 0 Å². The molecular weight excluding hydrogens is 400 g/mol. The van der Waals surface area contributed by atoms with Crippen molar-refractivity contribution in [2.45, 2.75) is 6.04 Å². The molecule has 1 aromatic heterocycles. The molecule has 0 spiro atoms. The Bertz CT molecular complexity index is 1270. The number of hydrogen-bond acceptors (Lipinski definition) is 4. The lowest BCUT2D eigenvalue weighted by Gasteiger charge is -2.14. The number of nitrogens with zero attached hydrogens (tertiary/aromatic N) is 2. The van der Waals surface area contributed by atoms with Gasteiger partial charge in [-0.15, -0.1) is 11.3 Å². The van der Waals surface area contributed by atoms with E-state index in [4.69, 9.17) is 4.99 Å². The van der Waals surface area contributed by atoms with Crippen molar-refractivity contribution in [1.82, 2.24) is 4.98 Å². The van der Waals surface area contributed by atoms with Crippen LogP contribution in [0.2, 0.25) is 0 Å². The van der Waals surface area contributed by atoms with Gasteiger partial charge in [-0.3, -0.25) is 4.99 Å². The summed E-state index contributed by atoms with van der Waals surface area (Å²) in [6, 6.07) is 34.0. The minimum Gasteiger partial charge on any atom is -0.507 e. The Morgan fingerprint density at radius 2 is 1.39 bits per heavy atom. The molecule has 0 amide bonds. The van der Waals surface area contributed by atoms with Crippen LogP contribution in [0.15, 0.2) is 108 Å². The van der Waals surface area contributed by atoms with Crippen LogP contribution < -0.4 is 0 Å². The third-order valence-electron chi connectivity index (χ3n) is 5.18. The molecular formula is C27H20N2OS. The van der Waals surface area contributed by atoms with E-state index in [1.54, 1.807) is 17.6 Å². The lowest BCUT2D eigenvalue weighted by atomic mass is 9.99. The van der Waals surface area contributed by atoms with Crippen LogP contribution in [0.5, 0.6) is 5.75 Å². The van der Waals surface area contributed by atoms with Gasteiger partial charge < -0.3 is 5.11 Å². The predicted molar refractivity (Wildman–Crippen MR) is 129 cm³/mol. The zero-order valence-corrected chi connectivity index (χ0v) is 17.5. The highest BCUT2D eigenvalue weighted by Crippen LogP contribution is 2.37. The Hall–Kier alpha value is -3.76. The molecule has 0 atom stereocenters. The van der Waals surface area contributed by atoms with Gasteiger partial charge in [0.1, 0.15) is 10.8 Å². The molecule has 31 heavy (non-hydrogen) atoms. The number of phenols is 1. The predicted octanol–water partition coefficient (Wildman–Crippen LogP) is 6.88. The number of aromatic nitrogens is 1. The van der Waals surface area contributed by atoms with Crippen LogP contribution in [0.4, 0.5) is 0 Å². The summed E-state index contributed by atoms with van der Waals surface area (Å²) in [5.74, 6) is 0.199. The summed E-state index contributed by atoms with van der Waals surface area (Å²) in [7, 11) is 0. The average molecular weight is 421 g/mol. The lowest BCUT2D eigenvalue weighted by molar-refractivity contribution is 0.476. The molecule has 5 rings (SSSR count). The van der Waals surface area contributed by atoms with Gasteiger partial charge in [0.15, 0.2) is 0 Å². The van der Waals surface area contributed by atoms with Crippen molar-refractivity contribution in [2.75, 3.05) is 0 Å². The van der Waals surface area contributed by atoms with Gasteiger partial charge in [0, 0.05) is 11.8 Å². The fraction of sp³-hybridized carbons (Fsp3) is 0.0370. The molecule has 0 unspecified atom stereocenters. The van der Waals surface area contributed by atoms with E-state index in [0.717, 1.165) is 31.9 Å². The Kier molecular flexibility index (Phi) is 5.29. The molecule has 150 valence electrons. The van der Waals surface area contributed by atoms with Crippen molar-refractivity contribution in [2.24, 2.45) is 4.99 Å². The van der Waals surface area contributed by atoms with Crippen LogP contribution in [0, 0.1) is 0 Å². The van der Waals surface area contributed by atoms with Crippen molar-refractivity contribution < 1.29 is 5.11 Å². The number of aromatic hydroxyl groups is 1. The molecule has 4 heteroatoms. The Morgan fingerprint density at radius 3 is 2.06 bits per heavy atom. The quantitative estimate of drug-likeness (QED) is 0.315. The highest BCUT2D eigenvalue weighted by atomic mass is 32.1. The standard InChI is InChI=1S/C27H20N2OS/c30-26-21(14-9-15-22(26)27-29-23-16-7-8-17-24(23)31-27)18-28-25(19-10-3-1-4-11-19)20-12-5-2-6-13-20/h1-18,25,30H. The van der Waals surface area contributed by atoms with Gasteiger partial charge in [-0.25, -0.2) is 4.98 Å². The minimum atomic E-state index is -0.145. The van der Waals surface area contributed by atoms with Crippen molar-refractivity contribution in [3.63, 3.8) is 0 Å². The van der Waals surface area contributed by atoms with Gasteiger partial charge in [-0.1, -0.05) is 78.9 Å². The van der Waals surface area contributed by atoms with E-state index in [2.05, 4.69) is 29.2 Å². The van der Waals surface area contributed by atoms with Crippen LogP contribution >= 0.6 is 11.3 Å². The number of aliphatic imine (C=N–C) groups is 1. The Balaban J connectivity index is 1.53. The summed E-state index contributed by atoms with van der Waals surface area (Å²) in [4.78, 5) is 9.56. The minimum absolute atomic E-state index is 0.145. The first kappa shape index (κ1) is 19.2. The first-order valence-electron chi connectivity index (χ1n) is 10.1. The van der Waals surface area contributed by atoms with Crippen LogP contribution in [0.1, 0.15) is 22.7 Å². The summed E-state index contributed by atoms with van der Waals surface area (Å²) < 4.78 is 1.10. The highest BCUT2D eigenvalue weighted by Gasteiger charge is 2.14. The zero-order valence-electron chi connectivity index (χ0n) is 16.7. The number of fused-ring (bicyclic) bond motifs is 1. The van der Waals surface area contributed by atoms with E-state index in [1.807, 2.05) is 78.9 Å². The van der Waals surface area contributed by atoms with E-state index in [0.29, 0.717) is 5.56 Å². The van der Waals surface area contributed by atoms with Gasteiger partial charge in [0.25, 0.3) is 0 Å². The maximum absolute atomic E-state index is 11.0. The van der Waals surface area contributed by atoms with E-state index in [1.165, 1.54) is 0 Å². The molecule has 0 aliphatic heterocycles. The first-order valence-corrected chi connectivity index (χ1v) is 10.9. The maximum Gasteiger partial charge on any atom is 0.134 e. The van der Waals surface area contributed by atoms with Gasteiger partial charge in [-0.05, 0) is 35.4 Å². The number of rotatable bonds is 5. The number of thiazole rings is 1. The summed E-state index contributed by atoms with van der Waals surface area (Å²) in [5.41, 5.74) is 4.54. The molecule has 0 saturated heterocycles. The fourth-order valence-electron chi connectivity index (χ4n) is 3.62. The number of hydrogen-bond donors (Lipinski definition) is 1. The molecule has 0 radical (unpaired) electrons. The topological polar surface area (TPSA) is 45.5 Å². The van der Waals surface area contributed by atoms with Crippen molar-refractivity contribution in [3.8, 4) is 16.3 Å². The molecule has 0 bridgehead atoms. The second-order valence-corrected chi connectivity index (χ2v) is 8.26. The lowest BCUT2D eigenvalue weighted by Crippen LogP contribution is -1.99. The zero-order chi connectivity index (χ0) is 21.0. The number of para-hydroxylation sites is 2. The van der Waals surface area contributed by atoms with Gasteiger partial charge in [0.05, 0.1) is 21.8 Å². The second kappa shape index (κ2) is 8.54. The maximum atomic E-state index is 11.0. The average Bonchev–Trinajstić information content (AvgIpc) is 3.26. The smallest absolute Gasteiger partial charge is 0.134 e. The number of phenolic OH excluding ortho intramolecular Hbond substituents is 1. The molecule has 3 nitrogen and oxygen atoms in total. The van der Waals surface area contributed by atoms with Crippen molar-refractivity contribution >= 4 is 27.8 Å². The summed E-state index contributed by atoms with van der Waals surface area (Å²) in [6.07, 6.45) is 1.76. The van der Waals surface area contributed by atoms with Crippen LogP contribution in [0.25, 0.3) is 20.8 Å². The summed E-state index contributed by atoms with van der Waals surface area (Å²) >= 11 is 1.58. The molecule has 4 aromatic carbocycles. The van der Waals surface area contributed by atoms with Crippen LogP contribution in [-0.4, -0.2) is 16.3 Å². The van der Waals surface area contributed by atoms with E-state index < -0.39 is 0 Å². The molecule has 1 N–H and O–H groups in total. The largest absolute Gasteiger partial charge is 0.507 e. The van der Waals surface area contributed by atoms with E-state index in [9.17, 15) is 5.11 Å². The number of benzene rings is 4. The van der Waals surface area contributed by atoms with Crippen molar-refractivity contribution in [1.29, 1.82) is 0 Å². The van der Waals surface area contributed by atoms with E-state index >= 15 is 0 Å². The highest BCUT2D eigenvalue weighted by molar-refractivity contribution is 7.21. The van der Waals surface area contributed by atoms with Gasteiger partial charge in [0.2, 0.25) is 0 Å². The van der Waals surface area contributed by atoms with Crippen LogP contribution in [-0.2, 0) is 0 Å². The third kappa shape index (κ3) is 3.98. The monoisotopic (exact) mass is 420 g/mol. The molecule has 0 aliphatic rings. The third-order valence-corrected chi connectivity index (χ3v) is 6.25.